The highest BCUT2D eigenvalue weighted by molar-refractivity contribution is 5.83. The zero-order chi connectivity index (χ0) is 19.3. The maximum absolute atomic E-state index is 9.30. The lowest BCUT2D eigenvalue weighted by atomic mass is 10.1. The normalized spacial score (nSPS) is 15.5. The number of aromatic nitrogens is 4. The van der Waals surface area contributed by atoms with E-state index in [-0.39, 0.29) is 6.04 Å². The molecule has 0 bridgehead atoms. The minimum atomic E-state index is 0.0836. The first kappa shape index (κ1) is 16.4. The van der Waals surface area contributed by atoms with Gasteiger partial charge < -0.3 is 11.5 Å². The first-order chi connectivity index (χ1) is 13.7. The molecule has 1 aliphatic carbocycles. The molecule has 3 aromatic heterocycles. The summed E-state index contributed by atoms with van der Waals surface area (Å²) in [6.45, 7) is 0. The van der Waals surface area contributed by atoms with Gasteiger partial charge in [-0.1, -0.05) is 6.07 Å². The maximum atomic E-state index is 9.30. The Labute approximate surface area is 161 Å². The van der Waals surface area contributed by atoms with Crippen LogP contribution >= 0.6 is 0 Å². The van der Waals surface area contributed by atoms with Crippen LogP contribution in [0.3, 0.4) is 0 Å². The molecule has 0 unspecified atom stereocenters. The van der Waals surface area contributed by atoms with Crippen LogP contribution in [0.1, 0.15) is 29.3 Å². The SMILES string of the molecule is N#Cc1ccc2nc(-c3cccnc3N)n(-c3ccc4c(c3)CC[C@@H]4N)c2n1. The summed E-state index contributed by atoms with van der Waals surface area (Å²) in [7, 11) is 0. The zero-order valence-electron chi connectivity index (χ0n) is 15.0. The molecule has 0 fully saturated rings. The van der Waals surface area contributed by atoms with Gasteiger partial charge in [-0.25, -0.2) is 15.0 Å². The first-order valence-electron chi connectivity index (χ1n) is 9.05. The predicted molar refractivity (Wildman–Crippen MR) is 106 cm³/mol. The van der Waals surface area contributed by atoms with Gasteiger partial charge in [0.25, 0.3) is 0 Å². The number of fused-ring (bicyclic) bond motifs is 2. The van der Waals surface area contributed by atoms with Crippen LogP contribution in [0.25, 0.3) is 28.2 Å². The molecule has 5 rings (SSSR count). The standard InChI is InChI=1S/C21H17N7/c22-11-13-4-8-18-21(26-13)28(20(27-18)16-2-1-9-25-19(16)24)14-5-6-15-12(10-14)3-7-17(15)23/h1-2,4-6,8-10,17H,3,7,23H2,(H2,24,25)/t17-/m0/s1. The number of pyridine rings is 2. The molecule has 4 aromatic rings. The summed E-state index contributed by atoms with van der Waals surface area (Å²) in [5.41, 5.74) is 18.0. The number of nitrogen functional groups attached to an aromatic ring is 1. The van der Waals surface area contributed by atoms with E-state index in [1.165, 1.54) is 11.1 Å². The fraction of sp³-hybridized carbons (Fsp3) is 0.143. The fourth-order valence-corrected chi connectivity index (χ4v) is 3.83. The topological polar surface area (TPSA) is 119 Å². The van der Waals surface area contributed by atoms with Crippen molar-refractivity contribution in [1.29, 1.82) is 5.26 Å². The molecule has 0 saturated heterocycles. The van der Waals surface area contributed by atoms with Gasteiger partial charge in [-0.2, -0.15) is 5.26 Å². The Balaban J connectivity index is 1.82. The van der Waals surface area contributed by atoms with E-state index in [0.717, 1.165) is 24.1 Å². The smallest absolute Gasteiger partial charge is 0.166 e. The van der Waals surface area contributed by atoms with Crippen LogP contribution in [0.5, 0.6) is 0 Å². The van der Waals surface area contributed by atoms with Crippen LogP contribution in [0.2, 0.25) is 0 Å². The zero-order valence-corrected chi connectivity index (χ0v) is 15.0. The summed E-state index contributed by atoms with van der Waals surface area (Å²) in [5.74, 6) is 1.04. The summed E-state index contributed by atoms with van der Waals surface area (Å²) >= 11 is 0. The molecule has 0 saturated carbocycles. The molecule has 1 atom stereocenters. The van der Waals surface area contributed by atoms with E-state index in [4.69, 9.17) is 16.5 Å². The Bertz CT molecular complexity index is 1270. The van der Waals surface area contributed by atoms with E-state index in [0.29, 0.717) is 28.5 Å². The van der Waals surface area contributed by atoms with Crippen LogP contribution < -0.4 is 11.5 Å². The molecule has 7 heteroatoms. The van der Waals surface area contributed by atoms with E-state index >= 15 is 0 Å². The molecule has 7 nitrogen and oxygen atoms in total. The number of imidazole rings is 1. The number of nitrogens with zero attached hydrogens (tertiary/aromatic N) is 5. The summed E-state index contributed by atoms with van der Waals surface area (Å²) in [6.07, 6.45) is 3.54. The molecule has 1 aliphatic rings. The van der Waals surface area contributed by atoms with Crippen molar-refractivity contribution in [3.63, 3.8) is 0 Å². The molecule has 136 valence electrons. The molecule has 0 amide bonds. The van der Waals surface area contributed by atoms with Crippen molar-refractivity contribution in [2.75, 3.05) is 5.73 Å². The molecular formula is C21H17N7. The Morgan fingerprint density at radius 2 is 2.04 bits per heavy atom. The van der Waals surface area contributed by atoms with Crippen LogP contribution in [-0.4, -0.2) is 19.5 Å². The quantitative estimate of drug-likeness (QED) is 0.562. The first-order valence-corrected chi connectivity index (χ1v) is 9.05. The summed E-state index contributed by atoms with van der Waals surface area (Å²) < 4.78 is 1.94. The number of nitrogens with two attached hydrogens (primary N) is 2. The van der Waals surface area contributed by atoms with Gasteiger partial charge in [0.1, 0.15) is 23.1 Å². The summed E-state index contributed by atoms with van der Waals surface area (Å²) in [4.78, 5) is 13.5. The molecule has 3 heterocycles. The minimum absolute atomic E-state index is 0.0836. The molecule has 0 radical (unpaired) electrons. The molecule has 4 N–H and O–H groups in total. The van der Waals surface area contributed by atoms with Gasteiger partial charge in [0.2, 0.25) is 0 Å². The van der Waals surface area contributed by atoms with Gasteiger partial charge in [-0.3, -0.25) is 4.57 Å². The summed E-state index contributed by atoms with van der Waals surface area (Å²) in [6, 6.07) is 15.6. The third-order valence-corrected chi connectivity index (χ3v) is 5.21. The lowest BCUT2D eigenvalue weighted by Crippen LogP contribution is -2.06. The molecule has 0 spiro atoms. The maximum Gasteiger partial charge on any atom is 0.166 e. The van der Waals surface area contributed by atoms with Crippen molar-refractivity contribution in [2.24, 2.45) is 5.73 Å². The van der Waals surface area contributed by atoms with Crippen molar-refractivity contribution in [3.8, 4) is 23.1 Å². The molecule has 0 aliphatic heterocycles. The van der Waals surface area contributed by atoms with Crippen molar-refractivity contribution in [2.45, 2.75) is 18.9 Å². The van der Waals surface area contributed by atoms with Crippen molar-refractivity contribution < 1.29 is 0 Å². The highest BCUT2D eigenvalue weighted by Crippen LogP contribution is 2.34. The van der Waals surface area contributed by atoms with Gasteiger partial charge in [0.15, 0.2) is 11.5 Å². The Morgan fingerprint density at radius 1 is 1.14 bits per heavy atom. The highest BCUT2D eigenvalue weighted by Gasteiger charge is 2.22. The van der Waals surface area contributed by atoms with Gasteiger partial charge in [-0.05, 0) is 60.4 Å². The van der Waals surface area contributed by atoms with E-state index in [1.54, 1.807) is 18.3 Å². The monoisotopic (exact) mass is 367 g/mol. The molecular weight excluding hydrogens is 350 g/mol. The highest BCUT2D eigenvalue weighted by atomic mass is 15.1. The summed E-state index contributed by atoms with van der Waals surface area (Å²) in [5, 5.41) is 9.30. The second-order valence-electron chi connectivity index (χ2n) is 6.89. The van der Waals surface area contributed by atoms with E-state index in [2.05, 4.69) is 28.2 Å². The minimum Gasteiger partial charge on any atom is -0.383 e. The van der Waals surface area contributed by atoms with Crippen LogP contribution in [0.4, 0.5) is 5.82 Å². The number of anilines is 1. The average molecular weight is 367 g/mol. The predicted octanol–water partition coefficient (Wildman–Crippen LogP) is 2.88. The third kappa shape index (κ3) is 2.43. The second-order valence-corrected chi connectivity index (χ2v) is 6.89. The Kier molecular flexibility index (Phi) is 3.60. The van der Waals surface area contributed by atoms with Gasteiger partial charge >= 0.3 is 0 Å². The second kappa shape index (κ2) is 6.15. The van der Waals surface area contributed by atoms with Crippen LogP contribution in [0, 0.1) is 11.3 Å². The average Bonchev–Trinajstić information content (AvgIpc) is 3.28. The van der Waals surface area contributed by atoms with Crippen molar-refractivity contribution >= 4 is 17.0 Å². The number of aryl methyl sites for hydroxylation is 1. The van der Waals surface area contributed by atoms with E-state index in [1.807, 2.05) is 22.8 Å². The number of hydrogen-bond acceptors (Lipinski definition) is 6. The van der Waals surface area contributed by atoms with E-state index < -0.39 is 0 Å². The van der Waals surface area contributed by atoms with Gasteiger partial charge in [0, 0.05) is 17.9 Å². The van der Waals surface area contributed by atoms with Gasteiger partial charge in [-0.15, -0.1) is 0 Å². The molecule has 1 aromatic carbocycles. The lowest BCUT2D eigenvalue weighted by molar-refractivity contribution is 0.713. The van der Waals surface area contributed by atoms with E-state index in [9.17, 15) is 5.26 Å². The lowest BCUT2D eigenvalue weighted by Gasteiger charge is -2.12. The Morgan fingerprint density at radius 3 is 2.86 bits per heavy atom. The fourth-order valence-electron chi connectivity index (χ4n) is 3.83. The van der Waals surface area contributed by atoms with Crippen LogP contribution in [-0.2, 0) is 6.42 Å². The van der Waals surface area contributed by atoms with Crippen LogP contribution in [0.15, 0.2) is 48.7 Å². The number of rotatable bonds is 2. The number of nitriles is 1. The van der Waals surface area contributed by atoms with Crippen molar-refractivity contribution in [1.82, 2.24) is 19.5 Å². The molecule has 28 heavy (non-hydrogen) atoms. The van der Waals surface area contributed by atoms with Crippen molar-refractivity contribution in [3.05, 3.63) is 65.5 Å². The number of hydrogen-bond donors (Lipinski definition) is 2. The van der Waals surface area contributed by atoms with Gasteiger partial charge in [0.05, 0.1) is 5.56 Å². The number of benzene rings is 1. The largest absolute Gasteiger partial charge is 0.383 e. The third-order valence-electron chi connectivity index (χ3n) is 5.21. The Hall–Kier alpha value is -3.76.